The van der Waals surface area contributed by atoms with Crippen LogP contribution in [0.5, 0.6) is 0 Å². The van der Waals surface area contributed by atoms with E-state index in [9.17, 15) is 0 Å². The van der Waals surface area contributed by atoms with Crippen molar-refractivity contribution < 1.29 is 4.74 Å². The lowest BCUT2D eigenvalue weighted by Gasteiger charge is -2.30. The van der Waals surface area contributed by atoms with Gasteiger partial charge in [-0.3, -0.25) is 0 Å². The van der Waals surface area contributed by atoms with E-state index in [-0.39, 0.29) is 0 Å². The second-order valence-corrected chi connectivity index (χ2v) is 5.09. The molecule has 0 aromatic carbocycles. The van der Waals surface area contributed by atoms with Crippen molar-refractivity contribution >= 4 is 0 Å². The summed E-state index contributed by atoms with van der Waals surface area (Å²) in [6.45, 7) is 5.54. The summed E-state index contributed by atoms with van der Waals surface area (Å²) >= 11 is 0. The van der Waals surface area contributed by atoms with Crippen molar-refractivity contribution in [2.24, 2.45) is 0 Å². The first kappa shape index (κ1) is 11.4. The summed E-state index contributed by atoms with van der Waals surface area (Å²) < 4.78 is 5.55. The average Bonchev–Trinajstić information content (AvgIpc) is 2.61. The molecule has 3 atom stereocenters. The Morgan fingerprint density at radius 1 is 1.40 bits per heavy atom. The Morgan fingerprint density at radius 3 is 2.93 bits per heavy atom. The average molecular weight is 212 g/mol. The first-order valence-corrected chi connectivity index (χ1v) is 6.31. The second kappa shape index (κ2) is 5.28. The molecule has 0 aliphatic carbocycles. The summed E-state index contributed by atoms with van der Waals surface area (Å²) in [5.41, 5.74) is 0. The van der Waals surface area contributed by atoms with Gasteiger partial charge in [-0.2, -0.15) is 0 Å². The molecular formula is C12H24N2O. The van der Waals surface area contributed by atoms with Crippen LogP contribution in [-0.2, 0) is 4.74 Å². The third-order valence-corrected chi connectivity index (χ3v) is 3.80. The van der Waals surface area contributed by atoms with Crippen molar-refractivity contribution in [1.29, 1.82) is 0 Å². The van der Waals surface area contributed by atoms with E-state index in [1.165, 1.54) is 32.2 Å². The minimum atomic E-state index is 0.442. The zero-order chi connectivity index (χ0) is 10.7. The Morgan fingerprint density at radius 2 is 2.27 bits per heavy atom. The van der Waals surface area contributed by atoms with Crippen molar-refractivity contribution in [2.45, 2.75) is 50.8 Å². The van der Waals surface area contributed by atoms with Gasteiger partial charge in [0.05, 0.1) is 6.10 Å². The minimum Gasteiger partial charge on any atom is -0.378 e. The SMILES string of the molecule is CC1CC(NCC2CCCN2C)CCO1. The Hall–Kier alpha value is -0.120. The van der Waals surface area contributed by atoms with E-state index in [4.69, 9.17) is 4.74 Å². The zero-order valence-corrected chi connectivity index (χ0v) is 10.0. The van der Waals surface area contributed by atoms with E-state index in [2.05, 4.69) is 24.2 Å². The number of nitrogens with one attached hydrogen (secondary N) is 1. The molecule has 0 amide bonds. The maximum atomic E-state index is 5.55. The first-order chi connectivity index (χ1) is 7.25. The van der Waals surface area contributed by atoms with E-state index in [0.717, 1.165) is 19.2 Å². The van der Waals surface area contributed by atoms with Crippen LogP contribution in [0.4, 0.5) is 0 Å². The Kier molecular flexibility index (Phi) is 4.00. The fourth-order valence-corrected chi connectivity index (χ4v) is 2.72. The van der Waals surface area contributed by atoms with Gasteiger partial charge in [0.1, 0.15) is 0 Å². The highest BCUT2D eigenvalue weighted by atomic mass is 16.5. The van der Waals surface area contributed by atoms with Crippen LogP contribution in [0.1, 0.15) is 32.6 Å². The van der Waals surface area contributed by atoms with Crippen LogP contribution in [0.25, 0.3) is 0 Å². The van der Waals surface area contributed by atoms with Crippen molar-refractivity contribution in [3.05, 3.63) is 0 Å². The highest BCUT2D eigenvalue weighted by Crippen LogP contribution is 2.16. The molecule has 3 nitrogen and oxygen atoms in total. The highest BCUT2D eigenvalue weighted by molar-refractivity contribution is 4.82. The summed E-state index contributed by atoms with van der Waals surface area (Å²) in [6.07, 6.45) is 5.53. The smallest absolute Gasteiger partial charge is 0.0561 e. The summed E-state index contributed by atoms with van der Waals surface area (Å²) in [5, 5.41) is 3.70. The molecule has 88 valence electrons. The van der Waals surface area contributed by atoms with Gasteiger partial charge in [-0.15, -0.1) is 0 Å². The second-order valence-electron chi connectivity index (χ2n) is 5.09. The molecule has 1 N–H and O–H groups in total. The molecule has 0 radical (unpaired) electrons. The fraction of sp³-hybridized carbons (Fsp3) is 1.00. The van der Waals surface area contributed by atoms with Gasteiger partial charge in [0.2, 0.25) is 0 Å². The quantitative estimate of drug-likeness (QED) is 0.762. The van der Waals surface area contributed by atoms with Gasteiger partial charge >= 0.3 is 0 Å². The molecule has 0 spiro atoms. The molecule has 2 fully saturated rings. The van der Waals surface area contributed by atoms with Gasteiger partial charge in [0.15, 0.2) is 0 Å². The number of nitrogens with zero attached hydrogens (tertiary/aromatic N) is 1. The molecular weight excluding hydrogens is 188 g/mol. The molecule has 2 heterocycles. The van der Waals surface area contributed by atoms with Gasteiger partial charge in [-0.1, -0.05) is 0 Å². The molecule has 0 aromatic rings. The minimum absolute atomic E-state index is 0.442. The predicted molar refractivity (Wildman–Crippen MR) is 62.1 cm³/mol. The first-order valence-electron chi connectivity index (χ1n) is 6.31. The molecule has 2 aliphatic rings. The normalized spacial score (nSPS) is 38.4. The van der Waals surface area contributed by atoms with Crippen LogP contribution >= 0.6 is 0 Å². The van der Waals surface area contributed by atoms with Crippen LogP contribution < -0.4 is 5.32 Å². The van der Waals surface area contributed by atoms with E-state index < -0.39 is 0 Å². The number of rotatable bonds is 3. The van der Waals surface area contributed by atoms with E-state index in [0.29, 0.717) is 12.1 Å². The summed E-state index contributed by atoms with van der Waals surface area (Å²) in [6, 6.07) is 1.45. The fourth-order valence-electron chi connectivity index (χ4n) is 2.72. The molecule has 2 rings (SSSR count). The maximum absolute atomic E-state index is 5.55. The van der Waals surface area contributed by atoms with Crippen LogP contribution in [0.3, 0.4) is 0 Å². The summed E-state index contributed by atoms with van der Waals surface area (Å²) in [4.78, 5) is 2.48. The number of ether oxygens (including phenoxy) is 1. The van der Waals surface area contributed by atoms with E-state index >= 15 is 0 Å². The third kappa shape index (κ3) is 3.16. The lowest BCUT2D eigenvalue weighted by atomic mass is 10.0. The van der Waals surface area contributed by atoms with Gasteiger partial charge in [0.25, 0.3) is 0 Å². The topological polar surface area (TPSA) is 24.5 Å². The summed E-state index contributed by atoms with van der Waals surface area (Å²) in [7, 11) is 2.24. The molecule has 0 aromatic heterocycles. The molecule has 3 heteroatoms. The lowest BCUT2D eigenvalue weighted by Crippen LogP contribution is -2.44. The Labute approximate surface area is 93.2 Å². The van der Waals surface area contributed by atoms with Crippen molar-refractivity contribution in [3.8, 4) is 0 Å². The predicted octanol–water partition coefficient (Wildman–Crippen LogP) is 1.24. The molecule has 3 unspecified atom stereocenters. The molecule has 0 saturated carbocycles. The number of hydrogen-bond donors (Lipinski definition) is 1. The largest absolute Gasteiger partial charge is 0.378 e. The monoisotopic (exact) mass is 212 g/mol. The van der Waals surface area contributed by atoms with Gasteiger partial charge in [0, 0.05) is 25.2 Å². The Bertz CT molecular complexity index is 198. The summed E-state index contributed by atoms with van der Waals surface area (Å²) in [5.74, 6) is 0. The number of likely N-dealkylation sites (N-methyl/N-ethyl adjacent to an activating group) is 1. The molecule has 2 aliphatic heterocycles. The van der Waals surface area contributed by atoms with E-state index in [1.807, 2.05) is 0 Å². The van der Waals surface area contributed by atoms with Gasteiger partial charge in [-0.05, 0) is 46.2 Å². The van der Waals surface area contributed by atoms with Gasteiger partial charge in [-0.25, -0.2) is 0 Å². The van der Waals surface area contributed by atoms with Crippen molar-refractivity contribution in [3.63, 3.8) is 0 Å². The zero-order valence-electron chi connectivity index (χ0n) is 10.0. The standard InChI is InChI=1S/C12H24N2O/c1-10-8-11(5-7-15-10)13-9-12-4-3-6-14(12)2/h10-13H,3-9H2,1-2H3. The van der Waals surface area contributed by atoms with Crippen molar-refractivity contribution in [2.75, 3.05) is 26.7 Å². The third-order valence-electron chi connectivity index (χ3n) is 3.80. The molecule has 15 heavy (non-hydrogen) atoms. The van der Waals surface area contributed by atoms with Gasteiger partial charge < -0.3 is 15.0 Å². The molecule has 0 bridgehead atoms. The van der Waals surface area contributed by atoms with Crippen LogP contribution in [-0.4, -0.2) is 49.8 Å². The number of likely N-dealkylation sites (tertiary alicyclic amines) is 1. The van der Waals surface area contributed by atoms with Crippen LogP contribution in [0.15, 0.2) is 0 Å². The lowest BCUT2D eigenvalue weighted by molar-refractivity contribution is 0.0125. The van der Waals surface area contributed by atoms with E-state index in [1.54, 1.807) is 0 Å². The number of hydrogen-bond acceptors (Lipinski definition) is 3. The van der Waals surface area contributed by atoms with Crippen LogP contribution in [0, 0.1) is 0 Å². The highest BCUT2D eigenvalue weighted by Gasteiger charge is 2.23. The maximum Gasteiger partial charge on any atom is 0.0561 e. The Balaban J connectivity index is 1.68. The molecule has 2 saturated heterocycles. The van der Waals surface area contributed by atoms with Crippen molar-refractivity contribution in [1.82, 2.24) is 10.2 Å². The van der Waals surface area contributed by atoms with Crippen LogP contribution in [0.2, 0.25) is 0 Å².